The molecular weight excluding hydrogens is 783 g/mol. The first-order valence-corrected chi connectivity index (χ1v) is 23.0. The summed E-state index contributed by atoms with van der Waals surface area (Å²) in [5.41, 5.74) is 17.2. The van der Waals surface area contributed by atoms with Gasteiger partial charge in [0.1, 0.15) is 0 Å². The van der Waals surface area contributed by atoms with Crippen LogP contribution in [-0.4, -0.2) is 0 Å². The molecule has 8 aromatic rings. The topological polar surface area (TPSA) is 3.24 Å². The van der Waals surface area contributed by atoms with Crippen molar-refractivity contribution in [2.24, 2.45) is 0 Å². The van der Waals surface area contributed by atoms with Gasteiger partial charge in [0.25, 0.3) is 0 Å². The summed E-state index contributed by atoms with van der Waals surface area (Å²) in [5.74, 6) is 1.14. The van der Waals surface area contributed by atoms with Gasteiger partial charge in [-0.2, -0.15) is 0 Å². The van der Waals surface area contributed by atoms with Crippen LogP contribution in [0.3, 0.4) is 0 Å². The summed E-state index contributed by atoms with van der Waals surface area (Å²) >= 11 is 0. The van der Waals surface area contributed by atoms with E-state index in [2.05, 4.69) is 287 Å². The maximum absolute atomic E-state index is 2.39. The van der Waals surface area contributed by atoms with Gasteiger partial charge in [0.15, 0.2) is 0 Å². The third kappa shape index (κ3) is 12.0. The summed E-state index contributed by atoms with van der Waals surface area (Å²) in [6.45, 7) is 8.96. The SMILES string of the molecule is Cc1ccc(C=CC=Cc2cccc(C(Cc3ccccc3)C(C)c3ccc(-c4ccc(N(c5ccccc5)c5cccc(C=CC=Cc6ccc(C(C)C)cc6)c5)cc4)cc3)c2)cc1. The van der Waals surface area contributed by atoms with Crippen LogP contribution in [0.2, 0.25) is 0 Å². The number of rotatable bonds is 16. The Morgan fingerprint density at radius 2 is 0.862 bits per heavy atom. The van der Waals surface area contributed by atoms with Crippen LogP contribution in [0.1, 0.15) is 88.6 Å². The van der Waals surface area contributed by atoms with Gasteiger partial charge in [-0.3, -0.25) is 0 Å². The molecule has 2 atom stereocenters. The number of nitrogens with zero attached hydrogens (tertiary/aromatic N) is 1. The zero-order valence-corrected chi connectivity index (χ0v) is 38.1. The van der Waals surface area contributed by atoms with Crippen LogP contribution in [0.15, 0.2) is 231 Å². The van der Waals surface area contributed by atoms with Crippen molar-refractivity contribution >= 4 is 41.4 Å². The summed E-state index contributed by atoms with van der Waals surface area (Å²) in [6, 6.07) is 75.0. The lowest BCUT2D eigenvalue weighted by Gasteiger charge is -2.26. The summed E-state index contributed by atoms with van der Waals surface area (Å²) in [4.78, 5) is 2.33. The van der Waals surface area contributed by atoms with Gasteiger partial charge in [0.05, 0.1) is 0 Å². The van der Waals surface area contributed by atoms with Crippen LogP contribution in [0.4, 0.5) is 17.1 Å². The second kappa shape index (κ2) is 21.7. The molecule has 0 aliphatic rings. The van der Waals surface area contributed by atoms with Gasteiger partial charge in [-0.05, 0) is 123 Å². The molecule has 0 spiro atoms. The van der Waals surface area contributed by atoms with Crippen LogP contribution >= 0.6 is 0 Å². The van der Waals surface area contributed by atoms with Crippen molar-refractivity contribution in [2.75, 3.05) is 4.90 Å². The molecule has 0 N–H and O–H groups in total. The Morgan fingerprint density at radius 1 is 0.385 bits per heavy atom. The van der Waals surface area contributed by atoms with Crippen molar-refractivity contribution in [1.82, 2.24) is 0 Å². The highest BCUT2D eigenvalue weighted by Gasteiger charge is 2.22. The molecule has 0 aliphatic heterocycles. The number of para-hydroxylation sites is 1. The zero-order chi connectivity index (χ0) is 44.8. The second-order valence-electron chi connectivity index (χ2n) is 17.4. The van der Waals surface area contributed by atoms with E-state index in [1.54, 1.807) is 0 Å². The minimum Gasteiger partial charge on any atom is -0.310 e. The fourth-order valence-corrected chi connectivity index (χ4v) is 8.49. The third-order valence-corrected chi connectivity index (χ3v) is 12.3. The summed E-state index contributed by atoms with van der Waals surface area (Å²) < 4.78 is 0. The minimum absolute atomic E-state index is 0.301. The first-order chi connectivity index (χ1) is 31.9. The fourth-order valence-electron chi connectivity index (χ4n) is 8.49. The van der Waals surface area contributed by atoms with Crippen molar-refractivity contribution in [1.29, 1.82) is 0 Å². The van der Waals surface area contributed by atoms with Gasteiger partial charge >= 0.3 is 0 Å². The van der Waals surface area contributed by atoms with Crippen molar-refractivity contribution in [3.63, 3.8) is 0 Å². The molecular formula is C64H59N. The van der Waals surface area contributed by atoms with E-state index in [1.807, 2.05) is 0 Å². The predicted molar refractivity (Wildman–Crippen MR) is 282 cm³/mol. The highest BCUT2D eigenvalue weighted by molar-refractivity contribution is 5.79. The highest BCUT2D eigenvalue weighted by atomic mass is 15.1. The summed E-state index contributed by atoms with van der Waals surface area (Å²) in [5, 5.41) is 0. The molecule has 0 aromatic heterocycles. The molecule has 1 heteroatoms. The molecule has 0 radical (unpaired) electrons. The Balaban J connectivity index is 0.992. The van der Waals surface area contributed by atoms with Crippen molar-refractivity contribution in [3.05, 3.63) is 281 Å². The Hall–Kier alpha value is -7.48. The fraction of sp³-hybridized carbons (Fsp3) is 0.125. The molecule has 0 bridgehead atoms. The smallest absolute Gasteiger partial charge is 0.0467 e. The molecule has 0 fully saturated rings. The first kappa shape index (κ1) is 44.1. The largest absolute Gasteiger partial charge is 0.310 e. The zero-order valence-electron chi connectivity index (χ0n) is 38.1. The van der Waals surface area contributed by atoms with Gasteiger partial charge < -0.3 is 4.90 Å². The quantitative estimate of drug-likeness (QED) is 0.0876. The van der Waals surface area contributed by atoms with E-state index >= 15 is 0 Å². The van der Waals surface area contributed by atoms with E-state index in [4.69, 9.17) is 0 Å². The summed E-state index contributed by atoms with van der Waals surface area (Å²) in [6.07, 6.45) is 18.2. The monoisotopic (exact) mass is 841 g/mol. The van der Waals surface area contributed by atoms with Crippen molar-refractivity contribution in [3.8, 4) is 11.1 Å². The molecule has 0 amide bonds. The van der Waals surface area contributed by atoms with E-state index in [1.165, 1.54) is 55.6 Å². The Labute approximate surface area is 388 Å². The molecule has 8 rings (SSSR count). The number of hydrogen-bond acceptors (Lipinski definition) is 1. The van der Waals surface area contributed by atoms with Crippen molar-refractivity contribution in [2.45, 2.75) is 51.9 Å². The van der Waals surface area contributed by atoms with E-state index in [-0.39, 0.29) is 0 Å². The van der Waals surface area contributed by atoms with E-state index < -0.39 is 0 Å². The van der Waals surface area contributed by atoms with Crippen LogP contribution in [-0.2, 0) is 6.42 Å². The van der Waals surface area contributed by atoms with Gasteiger partial charge in [-0.25, -0.2) is 0 Å². The van der Waals surface area contributed by atoms with Gasteiger partial charge in [-0.15, -0.1) is 0 Å². The lowest BCUT2D eigenvalue weighted by molar-refractivity contribution is 0.572. The second-order valence-corrected chi connectivity index (χ2v) is 17.4. The average molecular weight is 842 g/mol. The Bertz CT molecular complexity index is 2840. The third-order valence-electron chi connectivity index (χ3n) is 12.3. The van der Waals surface area contributed by atoms with Gasteiger partial charge in [0, 0.05) is 17.1 Å². The lowest BCUT2D eigenvalue weighted by Crippen LogP contribution is -2.12. The van der Waals surface area contributed by atoms with Crippen LogP contribution < -0.4 is 4.90 Å². The molecule has 2 unspecified atom stereocenters. The predicted octanol–water partition coefficient (Wildman–Crippen LogP) is 17.8. The summed E-state index contributed by atoms with van der Waals surface area (Å²) in [7, 11) is 0. The lowest BCUT2D eigenvalue weighted by atomic mass is 9.78. The highest BCUT2D eigenvalue weighted by Crippen LogP contribution is 2.39. The van der Waals surface area contributed by atoms with Crippen LogP contribution in [0.5, 0.6) is 0 Å². The Kier molecular flexibility index (Phi) is 14.8. The maximum atomic E-state index is 2.39. The molecule has 0 aliphatic carbocycles. The molecule has 0 saturated carbocycles. The Morgan fingerprint density at radius 3 is 1.46 bits per heavy atom. The first-order valence-electron chi connectivity index (χ1n) is 23.0. The molecule has 8 aromatic carbocycles. The molecule has 65 heavy (non-hydrogen) atoms. The van der Waals surface area contributed by atoms with Crippen molar-refractivity contribution < 1.29 is 0 Å². The molecule has 0 saturated heterocycles. The number of aryl methyl sites for hydroxylation is 1. The average Bonchev–Trinajstić information content (AvgIpc) is 3.35. The van der Waals surface area contributed by atoms with Gasteiger partial charge in [0.2, 0.25) is 0 Å². The van der Waals surface area contributed by atoms with Crippen LogP contribution in [0, 0.1) is 6.92 Å². The normalized spacial score (nSPS) is 12.8. The van der Waals surface area contributed by atoms with Gasteiger partial charge in [-0.1, -0.05) is 245 Å². The maximum Gasteiger partial charge on any atom is 0.0467 e. The number of allylic oxidation sites excluding steroid dienone is 4. The molecule has 1 nitrogen and oxygen atoms in total. The van der Waals surface area contributed by atoms with E-state index in [0.29, 0.717) is 17.8 Å². The molecule has 320 valence electrons. The van der Waals surface area contributed by atoms with Crippen LogP contribution in [0.25, 0.3) is 35.4 Å². The number of benzene rings is 8. The van der Waals surface area contributed by atoms with E-state index in [9.17, 15) is 0 Å². The standard InChI is InChI=1S/C64H59N/c1-48(2)56-35-33-52(34-36-56)18-12-14-22-54-24-16-28-63(46-54)65(61-26-9-6-10-27-61)62-43-41-59(42-44-62)58-39-37-57(38-40-58)50(4)64(47-55-19-7-5-8-20-55)60-25-15-23-53(45-60)21-13-11-17-51-31-29-49(3)30-32-51/h5-46,48,50,64H,47H2,1-4H3. The number of anilines is 3. The van der Waals surface area contributed by atoms with E-state index in [0.717, 1.165) is 29.0 Å². The molecule has 0 heterocycles. The number of hydrogen-bond donors (Lipinski definition) is 0. The minimum atomic E-state index is 0.301.